The molecule has 0 radical (unpaired) electrons. The molecule has 0 aromatic heterocycles. The van der Waals surface area contributed by atoms with Crippen molar-refractivity contribution in [1.29, 1.82) is 0 Å². The highest BCUT2D eigenvalue weighted by atomic mass is 31.2. The summed E-state index contributed by atoms with van der Waals surface area (Å²) in [6.45, 7) is 9.54. The zero-order valence-corrected chi connectivity index (χ0v) is 63.8. The predicted octanol–water partition coefficient (Wildman–Crippen LogP) is 22.3. The van der Waals surface area contributed by atoms with Crippen LogP contribution in [0.25, 0.3) is 0 Å². The largest absolute Gasteiger partial charge is 0.472 e. The van der Waals surface area contributed by atoms with Crippen LogP contribution >= 0.6 is 15.6 Å². The lowest BCUT2D eigenvalue weighted by atomic mass is 10.0. The van der Waals surface area contributed by atoms with Crippen molar-refractivity contribution in [1.82, 2.24) is 0 Å². The number of phosphoric acid groups is 2. The van der Waals surface area contributed by atoms with Gasteiger partial charge in [-0.1, -0.05) is 343 Å². The molecule has 0 fully saturated rings. The van der Waals surface area contributed by atoms with Gasteiger partial charge in [-0.25, -0.2) is 9.13 Å². The van der Waals surface area contributed by atoms with Crippen molar-refractivity contribution in [3.8, 4) is 0 Å². The first-order valence-corrected chi connectivity index (χ1v) is 42.5. The molecule has 0 rings (SSSR count). The Morgan fingerprint density at radius 3 is 0.716 bits per heavy atom. The van der Waals surface area contributed by atoms with Crippen LogP contribution in [0.4, 0.5) is 0 Å². The molecule has 0 aliphatic rings. The van der Waals surface area contributed by atoms with E-state index < -0.39 is 97.5 Å². The van der Waals surface area contributed by atoms with E-state index in [1.54, 1.807) is 0 Å². The first-order valence-electron chi connectivity index (χ1n) is 39.5. The minimum absolute atomic E-state index is 0.104. The number of carbonyl (C=O) groups is 4. The fourth-order valence-corrected chi connectivity index (χ4v) is 13.2. The third kappa shape index (κ3) is 70.3. The van der Waals surface area contributed by atoms with Crippen LogP contribution in [-0.2, 0) is 65.4 Å². The summed E-state index contributed by atoms with van der Waals surface area (Å²) in [7, 11) is -9.91. The molecule has 2 unspecified atom stereocenters. The minimum Gasteiger partial charge on any atom is -0.462 e. The van der Waals surface area contributed by atoms with Gasteiger partial charge in [0.25, 0.3) is 0 Å². The molecular formula is C76H148O17P2. The van der Waals surface area contributed by atoms with Crippen LogP contribution in [-0.4, -0.2) is 96.7 Å². The molecule has 95 heavy (non-hydrogen) atoms. The summed E-state index contributed by atoms with van der Waals surface area (Å²) in [4.78, 5) is 72.7. The Morgan fingerprint density at radius 1 is 0.284 bits per heavy atom. The van der Waals surface area contributed by atoms with Gasteiger partial charge >= 0.3 is 39.5 Å². The molecular weight excluding hydrogens is 1250 g/mol. The fraction of sp³-hybridized carbons (Fsp3) is 0.947. The number of phosphoric ester groups is 2. The first-order chi connectivity index (χ1) is 45.9. The van der Waals surface area contributed by atoms with Crippen molar-refractivity contribution in [3.63, 3.8) is 0 Å². The molecule has 5 atom stereocenters. The number of hydrogen-bond acceptors (Lipinski definition) is 15. The zero-order valence-electron chi connectivity index (χ0n) is 62.0. The third-order valence-electron chi connectivity index (χ3n) is 17.7. The highest BCUT2D eigenvalue weighted by Gasteiger charge is 2.30. The van der Waals surface area contributed by atoms with Crippen LogP contribution in [0.3, 0.4) is 0 Å². The Labute approximate surface area is 581 Å². The molecule has 19 heteroatoms. The molecule has 17 nitrogen and oxygen atoms in total. The van der Waals surface area contributed by atoms with Crippen LogP contribution in [0.5, 0.6) is 0 Å². The molecule has 0 heterocycles. The SMILES string of the molecule is CCCCCCCCCCCCCCCCCCCCCCC(=O)O[C@H](COC(=O)CCCCCCCCCCCCCCCC(C)C)COP(=O)(O)OC[C@@H](O)COP(=O)(O)OC[C@@H](COC(=O)CCCCCCCCCC)OC(=O)CCCCCCCCCCC(C)C. The summed E-state index contributed by atoms with van der Waals surface area (Å²) in [5.74, 6) is -0.611. The summed E-state index contributed by atoms with van der Waals surface area (Å²) in [5.41, 5.74) is 0. The summed E-state index contributed by atoms with van der Waals surface area (Å²) in [5, 5.41) is 10.6. The van der Waals surface area contributed by atoms with Crippen molar-refractivity contribution in [3.05, 3.63) is 0 Å². The molecule has 0 aromatic carbocycles. The normalized spacial score (nSPS) is 14.0. The summed E-state index contributed by atoms with van der Waals surface area (Å²) in [6.07, 6.45) is 55.7. The van der Waals surface area contributed by atoms with E-state index in [-0.39, 0.29) is 25.7 Å². The number of ether oxygens (including phenoxy) is 4. The Hall–Kier alpha value is -1.94. The van der Waals surface area contributed by atoms with E-state index in [1.807, 2.05) is 0 Å². The fourth-order valence-electron chi connectivity index (χ4n) is 11.7. The predicted molar refractivity (Wildman–Crippen MR) is 386 cm³/mol. The van der Waals surface area contributed by atoms with Crippen LogP contribution in [0.2, 0.25) is 0 Å². The Kier molecular flexibility index (Phi) is 66.5. The van der Waals surface area contributed by atoms with Crippen LogP contribution < -0.4 is 0 Å². The number of unbranched alkanes of at least 4 members (excludes halogenated alkanes) is 45. The number of rotatable bonds is 75. The zero-order chi connectivity index (χ0) is 70.0. The molecule has 0 bridgehead atoms. The summed E-state index contributed by atoms with van der Waals surface area (Å²) < 4.78 is 68.4. The second-order valence-corrected chi connectivity index (χ2v) is 31.3. The third-order valence-corrected chi connectivity index (χ3v) is 19.6. The molecule has 564 valence electrons. The number of aliphatic hydroxyl groups excluding tert-OH is 1. The van der Waals surface area contributed by atoms with Gasteiger partial charge in [-0.2, -0.15) is 0 Å². The van der Waals surface area contributed by atoms with Gasteiger partial charge in [0.2, 0.25) is 0 Å². The van der Waals surface area contributed by atoms with Gasteiger partial charge in [0.15, 0.2) is 12.2 Å². The van der Waals surface area contributed by atoms with Gasteiger partial charge in [-0.05, 0) is 37.5 Å². The smallest absolute Gasteiger partial charge is 0.462 e. The van der Waals surface area contributed by atoms with Gasteiger partial charge in [0.05, 0.1) is 26.4 Å². The second kappa shape index (κ2) is 67.9. The van der Waals surface area contributed by atoms with Crippen molar-refractivity contribution in [2.24, 2.45) is 11.8 Å². The Balaban J connectivity index is 5.19. The van der Waals surface area contributed by atoms with Crippen LogP contribution in [0, 0.1) is 11.8 Å². The molecule has 0 amide bonds. The van der Waals surface area contributed by atoms with Crippen LogP contribution in [0.15, 0.2) is 0 Å². The number of esters is 4. The monoisotopic (exact) mass is 1400 g/mol. The van der Waals surface area contributed by atoms with E-state index in [2.05, 4.69) is 41.5 Å². The summed E-state index contributed by atoms with van der Waals surface area (Å²) >= 11 is 0. The number of carbonyl (C=O) groups excluding carboxylic acids is 4. The Bertz CT molecular complexity index is 1840. The number of hydrogen-bond donors (Lipinski definition) is 3. The molecule has 0 aliphatic carbocycles. The molecule has 0 aromatic rings. The van der Waals surface area contributed by atoms with E-state index >= 15 is 0 Å². The maximum absolute atomic E-state index is 13.1. The van der Waals surface area contributed by atoms with Gasteiger partial charge in [0.1, 0.15) is 19.3 Å². The lowest BCUT2D eigenvalue weighted by Crippen LogP contribution is -2.30. The van der Waals surface area contributed by atoms with Gasteiger partial charge in [0, 0.05) is 25.7 Å². The standard InChI is InChI=1S/C76H148O17P2/c1-7-9-11-13-15-17-18-19-20-21-22-23-24-25-28-32-35-42-48-54-60-75(80)92-72(65-87-74(79)59-53-47-41-34-31-29-26-27-30-33-38-44-50-56-68(3)4)67-91-95(84,85)89-63-70(77)62-88-94(82,83)90-66-71(64-86-73(78)58-52-46-40-16-14-12-10-8-2)93-76(81)61-55-49-43-37-36-39-45-51-57-69(5)6/h68-72,77H,7-67H2,1-6H3,(H,82,83)(H,84,85)/t70-,71+,72+/m0/s1. The van der Waals surface area contributed by atoms with Crippen molar-refractivity contribution in [2.45, 2.75) is 413 Å². The molecule has 0 saturated carbocycles. The highest BCUT2D eigenvalue weighted by molar-refractivity contribution is 7.47. The molecule has 3 N–H and O–H groups in total. The van der Waals surface area contributed by atoms with E-state index in [9.17, 15) is 43.2 Å². The van der Waals surface area contributed by atoms with Gasteiger partial charge in [-0.15, -0.1) is 0 Å². The van der Waals surface area contributed by atoms with E-state index in [0.29, 0.717) is 25.7 Å². The average molecular weight is 1400 g/mol. The Morgan fingerprint density at radius 2 is 0.484 bits per heavy atom. The van der Waals surface area contributed by atoms with E-state index in [0.717, 1.165) is 108 Å². The van der Waals surface area contributed by atoms with Gasteiger partial charge in [-0.3, -0.25) is 37.3 Å². The summed E-state index contributed by atoms with van der Waals surface area (Å²) in [6, 6.07) is 0. The highest BCUT2D eigenvalue weighted by Crippen LogP contribution is 2.45. The van der Waals surface area contributed by atoms with E-state index in [4.69, 9.17) is 37.0 Å². The maximum Gasteiger partial charge on any atom is 0.472 e. The molecule has 0 spiro atoms. The topological polar surface area (TPSA) is 237 Å². The van der Waals surface area contributed by atoms with Crippen molar-refractivity contribution in [2.75, 3.05) is 39.6 Å². The lowest BCUT2D eigenvalue weighted by Gasteiger charge is -2.21. The average Bonchev–Trinajstić information content (AvgIpc) is 1.61. The number of aliphatic hydroxyl groups is 1. The van der Waals surface area contributed by atoms with Gasteiger partial charge < -0.3 is 33.8 Å². The van der Waals surface area contributed by atoms with E-state index in [1.165, 1.54) is 205 Å². The maximum atomic E-state index is 13.1. The quantitative estimate of drug-likeness (QED) is 0.0222. The second-order valence-electron chi connectivity index (χ2n) is 28.3. The molecule has 0 saturated heterocycles. The minimum atomic E-state index is -4.96. The molecule has 0 aliphatic heterocycles. The van der Waals surface area contributed by atoms with Crippen molar-refractivity contribution >= 4 is 39.5 Å². The first kappa shape index (κ1) is 93.1. The lowest BCUT2D eigenvalue weighted by molar-refractivity contribution is -0.161. The van der Waals surface area contributed by atoms with Crippen molar-refractivity contribution < 1.29 is 80.2 Å². The van der Waals surface area contributed by atoms with Crippen LogP contribution in [0.1, 0.15) is 395 Å².